The van der Waals surface area contributed by atoms with Crippen molar-refractivity contribution in [1.29, 1.82) is 0 Å². The van der Waals surface area contributed by atoms with E-state index in [-0.39, 0.29) is 11.8 Å². The average molecular weight is 365 g/mol. The zero-order chi connectivity index (χ0) is 19.1. The number of imidazole rings is 1. The van der Waals surface area contributed by atoms with Gasteiger partial charge in [-0.05, 0) is 47.5 Å². The minimum Gasteiger partial charge on any atom is -0.299 e. The van der Waals surface area contributed by atoms with Gasteiger partial charge in [-0.1, -0.05) is 42.5 Å². The number of rotatable bonds is 2. The number of amides is 2. The van der Waals surface area contributed by atoms with E-state index < -0.39 is 0 Å². The van der Waals surface area contributed by atoms with Crippen LogP contribution in [0.15, 0.2) is 79.1 Å². The largest absolute Gasteiger partial charge is 0.299 e. The molecule has 5 rings (SSSR count). The smallest absolute Gasteiger partial charge is 0.258 e. The number of nitrogens with one attached hydrogen (secondary N) is 1. The number of aromatic nitrogens is 2. The highest BCUT2D eigenvalue weighted by molar-refractivity contribution is 6.33. The molecule has 0 bridgehead atoms. The molecule has 0 aliphatic carbocycles. The molecule has 4 aromatic rings. The van der Waals surface area contributed by atoms with Gasteiger partial charge in [-0.25, -0.2) is 4.98 Å². The molecule has 3 aromatic carbocycles. The molecule has 0 radical (unpaired) electrons. The van der Waals surface area contributed by atoms with Gasteiger partial charge < -0.3 is 0 Å². The summed E-state index contributed by atoms with van der Waals surface area (Å²) in [5, 5.41) is 2.40. The highest BCUT2D eigenvalue weighted by Crippen LogP contribution is 2.26. The SMILES string of the molecule is O=C1NC(=O)c2ccccc2C1=Cc1ccc(-n2cnc3ccccc32)cc1. The van der Waals surface area contributed by atoms with Crippen LogP contribution in [0, 0.1) is 0 Å². The van der Waals surface area contributed by atoms with Crippen LogP contribution in [0.3, 0.4) is 0 Å². The Morgan fingerprint density at radius 2 is 1.50 bits per heavy atom. The first kappa shape index (κ1) is 16.2. The van der Waals surface area contributed by atoms with Gasteiger partial charge in [0.1, 0.15) is 6.33 Å². The lowest BCUT2D eigenvalue weighted by atomic mass is 9.93. The number of benzene rings is 3. The highest BCUT2D eigenvalue weighted by atomic mass is 16.2. The summed E-state index contributed by atoms with van der Waals surface area (Å²) in [6, 6.07) is 22.9. The van der Waals surface area contributed by atoms with Gasteiger partial charge in [-0.3, -0.25) is 19.5 Å². The number of hydrogen-bond acceptors (Lipinski definition) is 3. The Labute approximate surface area is 161 Å². The number of para-hydroxylation sites is 2. The second-order valence-corrected chi connectivity index (χ2v) is 6.58. The van der Waals surface area contributed by atoms with Gasteiger partial charge in [0.05, 0.1) is 11.0 Å². The lowest BCUT2D eigenvalue weighted by molar-refractivity contribution is -0.114. The van der Waals surface area contributed by atoms with Gasteiger partial charge in [0.15, 0.2) is 0 Å². The van der Waals surface area contributed by atoms with E-state index in [0.29, 0.717) is 16.7 Å². The zero-order valence-electron chi connectivity index (χ0n) is 14.8. The van der Waals surface area contributed by atoms with E-state index in [1.54, 1.807) is 30.6 Å². The number of imide groups is 1. The number of carbonyl (C=O) groups is 2. The molecule has 28 heavy (non-hydrogen) atoms. The topological polar surface area (TPSA) is 64.0 Å². The van der Waals surface area contributed by atoms with E-state index in [0.717, 1.165) is 22.3 Å². The molecule has 0 spiro atoms. The Balaban J connectivity index is 1.54. The van der Waals surface area contributed by atoms with Crippen molar-refractivity contribution < 1.29 is 9.59 Å². The van der Waals surface area contributed by atoms with Gasteiger partial charge in [-0.15, -0.1) is 0 Å². The van der Waals surface area contributed by atoms with Gasteiger partial charge >= 0.3 is 0 Å². The van der Waals surface area contributed by atoms with Gasteiger partial charge in [0.25, 0.3) is 11.8 Å². The zero-order valence-corrected chi connectivity index (χ0v) is 14.8. The first-order valence-electron chi connectivity index (χ1n) is 8.90. The summed E-state index contributed by atoms with van der Waals surface area (Å²) >= 11 is 0. The number of carbonyl (C=O) groups excluding carboxylic acids is 2. The summed E-state index contributed by atoms with van der Waals surface area (Å²) in [4.78, 5) is 28.8. The van der Waals surface area contributed by atoms with Crippen LogP contribution >= 0.6 is 0 Å². The van der Waals surface area contributed by atoms with Crippen molar-refractivity contribution in [3.8, 4) is 5.69 Å². The molecular formula is C23H15N3O2. The van der Waals surface area contributed by atoms with Crippen LogP contribution in [0.1, 0.15) is 21.5 Å². The van der Waals surface area contributed by atoms with Crippen LogP contribution in [-0.4, -0.2) is 21.4 Å². The van der Waals surface area contributed by atoms with Crippen molar-refractivity contribution in [3.05, 3.63) is 95.8 Å². The fraction of sp³-hybridized carbons (Fsp3) is 0. The van der Waals surface area contributed by atoms with Crippen LogP contribution in [-0.2, 0) is 4.79 Å². The quantitative estimate of drug-likeness (QED) is 0.434. The molecule has 0 unspecified atom stereocenters. The van der Waals surface area contributed by atoms with Gasteiger partial charge in [-0.2, -0.15) is 0 Å². The van der Waals surface area contributed by atoms with Gasteiger partial charge in [0.2, 0.25) is 0 Å². The fourth-order valence-electron chi connectivity index (χ4n) is 3.48. The lowest BCUT2D eigenvalue weighted by Gasteiger charge is -2.18. The Hall–Kier alpha value is -3.99. The number of fused-ring (bicyclic) bond motifs is 2. The van der Waals surface area contributed by atoms with E-state index >= 15 is 0 Å². The van der Waals surface area contributed by atoms with Gasteiger partial charge in [0, 0.05) is 16.8 Å². The predicted octanol–water partition coefficient (Wildman–Crippen LogP) is 3.84. The third-order valence-electron chi connectivity index (χ3n) is 4.87. The second-order valence-electron chi connectivity index (χ2n) is 6.58. The standard InChI is InChI=1S/C23H15N3O2/c27-22-18-6-2-1-5-17(18)19(23(28)25-22)13-15-9-11-16(12-10-15)26-14-24-20-7-3-4-8-21(20)26/h1-14H,(H,25,27,28). The molecule has 0 atom stereocenters. The summed E-state index contributed by atoms with van der Waals surface area (Å²) in [6.07, 6.45) is 3.60. The van der Waals surface area contributed by atoms with Crippen molar-refractivity contribution in [2.45, 2.75) is 0 Å². The molecular weight excluding hydrogens is 350 g/mol. The molecule has 0 saturated carbocycles. The highest BCUT2D eigenvalue weighted by Gasteiger charge is 2.26. The van der Waals surface area contributed by atoms with Crippen molar-refractivity contribution in [2.75, 3.05) is 0 Å². The van der Waals surface area contributed by atoms with Crippen molar-refractivity contribution >= 4 is 34.5 Å². The summed E-state index contributed by atoms with van der Waals surface area (Å²) < 4.78 is 2.02. The Kier molecular flexibility index (Phi) is 3.66. The molecule has 1 aliphatic heterocycles. The van der Waals surface area contributed by atoms with Crippen LogP contribution in [0.4, 0.5) is 0 Å². The number of hydrogen-bond donors (Lipinski definition) is 1. The van der Waals surface area contributed by atoms with Crippen LogP contribution in [0.5, 0.6) is 0 Å². The van der Waals surface area contributed by atoms with E-state index in [1.165, 1.54) is 0 Å². The van der Waals surface area contributed by atoms with E-state index in [2.05, 4.69) is 10.3 Å². The third-order valence-corrected chi connectivity index (χ3v) is 4.87. The Morgan fingerprint density at radius 1 is 0.786 bits per heavy atom. The molecule has 1 N–H and O–H groups in total. The van der Waals surface area contributed by atoms with Crippen molar-refractivity contribution in [3.63, 3.8) is 0 Å². The maximum atomic E-state index is 12.4. The van der Waals surface area contributed by atoms with Crippen molar-refractivity contribution in [2.24, 2.45) is 0 Å². The fourth-order valence-corrected chi connectivity index (χ4v) is 3.48. The number of nitrogens with zero attached hydrogens (tertiary/aromatic N) is 2. The Morgan fingerprint density at radius 3 is 2.32 bits per heavy atom. The third kappa shape index (κ3) is 2.61. The monoisotopic (exact) mass is 365 g/mol. The molecule has 1 aromatic heterocycles. The molecule has 0 fully saturated rings. The molecule has 5 heteroatoms. The van der Waals surface area contributed by atoms with E-state index in [1.807, 2.05) is 59.2 Å². The minimum atomic E-state index is -0.381. The normalized spacial score (nSPS) is 14.9. The first-order chi connectivity index (χ1) is 13.7. The van der Waals surface area contributed by atoms with Crippen molar-refractivity contribution in [1.82, 2.24) is 14.9 Å². The summed E-state index contributed by atoms with van der Waals surface area (Å²) in [7, 11) is 0. The maximum absolute atomic E-state index is 12.4. The van der Waals surface area contributed by atoms with E-state index in [9.17, 15) is 9.59 Å². The molecule has 1 aliphatic rings. The summed E-state index contributed by atoms with van der Waals surface area (Å²) in [5.41, 5.74) is 5.48. The van der Waals surface area contributed by atoms with Crippen LogP contribution in [0.25, 0.3) is 28.4 Å². The van der Waals surface area contributed by atoms with Crippen LogP contribution in [0.2, 0.25) is 0 Å². The second kappa shape index (κ2) is 6.32. The predicted molar refractivity (Wildman–Crippen MR) is 108 cm³/mol. The first-order valence-corrected chi connectivity index (χ1v) is 8.90. The molecule has 5 nitrogen and oxygen atoms in total. The van der Waals surface area contributed by atoms with Crippen LogP contribution < -0.4 is 5.32 Å². The minimum absolute atomic E-state index is 0.361. The summed E-state index contributed by atoms with van der Waals surface area (Å²) in [5.74, 6) is -0.742. The van der Waals surface area contributed by atoms with E-state index in [4.69, 9.17) is 0 Å². The average Bonchev–Trinajstić information content (AvgIpc) is 3.16. The molecule has 2 amide bonds. The summed E-state index contributed by atoms with van der Waals surface area (Å²) in [6.45, 7) is 0. The molecule has 0 saturated heterocycles. The molecule has 2 heterocycles. The molecule has 134 valence electrons. The Bertz CT molecular complexity index is 1270. The maximum Gasteiger partial charge on any atom is 0.258 e. The lowest BCUT2D eigenvalue weighted by Crippen LogP contribution is -2.36.